The second-order valence-corrected chi connectivity index (χ2v) is 5.15. The Morgan fingerprint density at radius 2 is 1.94 bits per heavy atom. The van der Waals surface area contributed by atoms with Crippen LogP contribution in [0.2, 0.25) is 0 Å². The minimum atomic E-state index is 0.476. The van der Waals surface area contributed by atoms with Crippen molar-refractivity contribution in [3.05, 3.63) is 35.4 Å². The third kappa shape index (κ3) is 2.60. The summed E-state index contributed by atoms with van der Waals surface area (Å²) in [6, 6.07) is 10.1. The van der Waals surface area contributed by atoms with E-state index < -0.39 is 0 Å². The lowest BCUT2D eigenvalue weighted by atomic mass is 9.95. The molecule has 1 aliphatic carbocycles. The number of benzene rings is 1. The first-order valence-electron chi connectivity index (χ1n) is 7.30. The molecule has 18 heavy (non-hydrogen) atoms. The predicted molar refractivity (Wildman–Crippen MR) is 77.9 cm³/mol. The van der Waals surface area contributed by atoms with E-state index in [2.05, 4.69) is 55.4 Å². The van der Waals surface area contributed by atoms with Crippen molar-refractivity contribution in [2.45, 2.75) is 45.2 Å². The summed E-state index contributed by atoms with van der Waals surface area (Å²) in [5.41, 5.74) is 3.04. The maximum Gasteiger partial charge on any atom is 0.0478 e. The fourth-order valence-corrected chi connectivity index (χ4v) is 3.37. The van der Waals surface area contributed by atoms with Gasteiger partial charge in [0.15, 0.2) is 0 Å². The van der Waals surface area contributed by atoms with Crippen LogP contribution in [0.15, 0.2) is 24.3 Å². The lowest BCUT2D eigenvalue weighted by molar-refractivity contribution is 0.166. The highest BCUT2D eigenvalue weighted by atomic mass is 15.2. The van der Waals surface area contributed by atoms with Gasteiger partial charge in [-0.25, -0.2) is 0 Å². The first-order valence-corrected chi connectivity index (χ1v) is 7.30. The highest BCUT2D eigenvalue weighted by Gasteiger charge is 2.29. The zero-order valence-corrected chi connectivity index (χ0v) is 11.9. The average molecular weight is 246 g/mol. The first-order chi connectivity index (χ1) is 8.81. The number of nitrogens with one attached hydrogen (secondary N) is 1. The van der Waals surface area contributed by atoms with Gasteiger partial charge in [0.05, 0.1) is 0 Å². The smallest absolute Gasteiger partial charge is 0.0478 e. The van der Waals surface area contributed by atoms with Crippen LogP contribution < -0.4 is 5.32 Å². The van der Waals surface area contributed by atoms with Crippen molar-refractivity contribution in [1.29, 1.82) is 0 Å². The molecule has 0 fully saturated rings. The fraction of sp³-hybridized carbons (Fsp3) is 0.625. The number of rotatable bonds is 4. The molecule has 0 spiro atoms. The molecule has 0 saturated heterocycles. The molecule has 2 rings (SSSR count). The van der Waals surface area contributed by atoms with Crippen LogP contribution >= 0.6 is 0 Å². The first kappa shape index (κ1) is 13.6. The van der Waals surface area contributed by atoms with Crippen molar-refractivity contribution in [2.24, 2.45) is 0 Å². The second-order valence-electron chi connectivity index (χ2n) is 5.15. The maximum absolute atomic E-state index is 3.56. The summed E-state index contributed by atoms with van der Waals surface area (Å²) in [4.78, 5) is 2.60. The Balaban J connectivity index is 2.33. The van der Waals surface area contributed by atoms with Crippen LogP contribution in [0, 0.1) is 0 Å². The summed E-state index contributed by atoms with van der Waals surface area (Å²) in [7, 11) is 2.10. The number of hydrogen-bond acceptors (Lipinski definition) is 2. The molecule has 2 atom stereocenters. The number of hydrogen-bond donors (Lipinski definition) is 1. The zero-order valence-electron chi connectivity index (χ0n) is 11.9. The molecule has 1 aromatic rings. The molecule has 0 heterocycles. The Kier molecular flexibility index (Phi) is 4.79. The topological polar surface area (TPSA) is 15.3 Å². The van der Waals surface area contributed by atoms with Gasteiger partial charge in [0.1, 0.15) is 0 Å². The van der Waals surface area contributed by atoms with Crippen LogP contribution in [0.1, 0.15) is 43.9 Å². The molecule has 0 saturated carbocycles. The van der Waals surface area contributed by atoms with E-state index in [4.69, 9.17) is 0 Å². The van der Waals surface area contributed by atoms with Gasteiger partial charge in [-0.05, 0) is 50.5 Å². The molecule has 2 heteroatoms. The monoisotopic (exact) mass is 246 g/mol. The predicted octanol–water partition coefficient (Wildman–Crippen LogP) is 2.99. The summed E-state index contributed by atoms with van der Waals surface area (Å²) < 4.78 is 0. The molecule has 0 bridgehead atoms. The molecule has 0 amide bonds. The van der Waals surface area contributed by atoms with E-state index in [-0.39, 0.29) is 0 Å². The van der Waals surface area contributed by atoms with Crippen molar-refractivity contribution in [1.82, 2.24) is 10.2 Å². The van der Waals surface area contributed by atoms with Gasteiger partial charge in [0.2, 0.25) is 0 Å². The summed E-state index contributed by atoms with van der Waals surface area (Å²) in [6.45, 7) is 6.82. The fourth-order valence-electron chi connectivity index (χ4n) is 3.37. The second kappa shape index (κ2) is 6.35. The molecule has 1 N–H and O–H groups in total. The van der Waals surface area contributed by atoms with Crippen molar-refractivity contribution >= 4 is 0 Å². The molecule has 100 valence electrons. The number of fused-ring (bicyclic) bond motifs is 1. The number of aryl methyl sites for hydroxylation is 1. The Bertz CT molecular complexity index is 371. The standard InChI is InChI=1S/C16H26N2/c1-4-18(5-2)15-12-8-10-13-9-6-7-11-14(13)16(15)17-3/h6-7,9,11,15-17H,4-5,8,10,12H2,1-3H3. The number of likely N-dealkylation sites (N-methyl/N-ethyl adjacent to an activating group) is 2. The van der Waals surface area contributed by atoms with Gasteiger partial charge in [-0.2, -0.15) is 0 Å². The number of nitrogens with zero attached hydrogens (tertiary/aromatic N) is 1. The van der Waals surface area contributed by atoms with E-state index in [0.717, 1.165) is 13.1 Å². The maximum atomic E-state index is 3.56. The molecule has 2 nitrogen and oxygen atoms in total. The van der Waals surface area contributed by atoms with E-state index in [1.807, 2.05) is 0 Å². The van der Waals surface area contributed by atoms with Crippen LogP contribution in [-0.4, -0.2) is 31.1 Å². The molecular weight excluding hydrogens is 220 g/mol. The van der Waals surface area contributed by atoms with Crippen molar-refractivity contribution in [3.8, 4) is 0 Å². The van der Waals surface area contributed by atoms with Gasteiger partial charge in [-0.3, -0.25) is 4.90 Å². The van der Waals surface area contributed by atoms with Crippen LogP contribution in [0.25, 0.3) is 0 Å². The molecule has 1 aliphatic rings. The van der Waals surface area contributed by atoms with Crippen molar-refractivity contribution < 1.29 is 0 Å². The van der Waals surface area contributed by atoms with Gasteiger partial charge < -0.3 is 5.32 Å². The molecule has 2 unspecified atom stereocenters. The lowest BCUT2D eigenvalue weighted by Gasteiger charge is -2.35. The van der Waals surface area contributed by atoms with Crippen LogP contribution in [0.3, 0.4) is 0 Å². The lowest BCUT2D eigenvalue weighted by Crippen LogP contribution is -2.43. The zero-order chi connectivity index (χ0) is 13.0. The SMILES string of the molecule is CCN(CC)C1CCCc2ccccc2C1NC. The van der Waals surface area contributed by atoms with Gasteiger partial charge >= 0.3 is 0 Å². The summed E-state index contributed by atoms with van der Waals surface area (Å²) in [5.74, 6) is 0. The molecule has 0 aromatic heterocycles. The molecule has 0 radical (unpaired) electrons. The Hall–Kier alpha value is -0.860. The summed E-state index contributed by atoms with van der Waals surface area (Å²) in [5, 5.41) is 3.56. The van der Waals surface area contributed by atoms with E-state index in [0.29, 0.717) is 12.1 Å². The Morgan fingerprint density at radius 1 is 1.22 bits per heavy atom. The third-order valence-corrected chi connectivity index (χ3v) is 4.31. The van der Waals surface area contributed by atoms with Gasteiger partial charge in [-0.1, -0.05) is 38.1 Å². The normalized spacial score (nSPS) is 23.8. The van der Waals surface area contributed by atoms with E-state index in [1.165, 1.54) is 30.4 Å². The quantitative estimate of drug-likeness (QED) is 0.822. The Morgan fingerprint density at radius 3 is 2.61 bits per heavy atom. The van der Waals surface area contributed by atoms with E-state index in [1.54, 1.807) is 0 Å². The van der Waals surface area contributed by atoms with Gasteiger partial charge in [0.25, 0.3) is 0 Å². The molecule has 0 aliphatic heterocycles. The molecule has 1 aromatic carbocycles. The minimum Gasteiger partial charge on any atom is -0.312 e. The third-order valence-electron chi connectivity index (χ3n) is 4.31. The highest BCUT2D eigenvalue weighted by Crippen LogP contribution is 2.31. The van der Waals surface area contributed by atoms with Crippen LogP contribution in [-0.2, 0) is 6.42 Å². The van der Waals surface area contributed by atoms with Gasteiger partial charge in [0, 0.05) is 12.1 Å². The Labute approximate surface area is 111 Å². The van der Waals surface area contributed by atoms with Gasteiger partial charge in [-0.15, -0.1) is 0 Å². The van der Waals surface area contributed by atoms with Crippen molar-refractivity contribution in [2.75, 3.05) is 20.1 Å². The summed E-state index contributed by atoms with van der Waals surface area (Å²) >= 11 is 0. The van der Waals surface area contributed by atoms with E-state index >= 15 is 0 Å². The minimum absolute atomic E-state index is 0.476. The molecular formula is C16H26N2. The largest absolute Gasteiger partial charge is 0.312 e. The van der Waals surface area contributed by atoms with Crippen molar-refractivity contribution in [3.63, 3.8) is 0 Å². The van der Waals surface area contributed by atoms with Crippen LogP contribution in [0.4, 0.5) is 0 Å². The van der Waals surface area contributed by atoms with E-state index in [9.17, 15) is 0 Å². The average Bonchev–Trinajstić information content (AvgIpc) is 2.59. The van der Waals surface area contributed by atoms with Crippen LogP contribution in [0.5, 0.6) is 0 Å². The summed E-state index contributed by atoms with van der Waals surface area (Å²) in [6.07, 6.45) is 3.82. The highest BCUT2D eigenvalue weighted by molar-refractivity contribution is 5.32.